The smallest absolute Gasteiger partial charge is 0.115 e. The Labute approximate surface area is 147 Å². The summed E-state index contributed by atoms with van der Waals surface area (Å²) in [4.78, 5) is 0. The van der Waals surface area contributed by atoms with Gasteiger partial charge in [-0.05, 0) is 40.5 Å². The lowest BCUT2D eigenvalue weighted by atomic mass is 10.2. The summed E-state index contributed by atoms with van der Waals surface area (Å²) < 4.78 is 38.4. The van der Waals surface area contributed by atoms with Crippen LogP contribution in [-0.2, 0) is 20.0 Å². The molecule has 0 saturated heterocycles. The minimum absolute atomic E-state index is 0.491. The Morgan fingerprint density at radius 3 is 0.880 bits per heavy atom. The van der Waals surface area contributed by atoms with E-state index in [0.29, 0.717) is 16.7 Å². The largest absolute Gasteiger partial charge is 0.246 e. The summed E-state index contributed by atoms with van der Waals surface area (Å²) in [6, 6.07) is 22.4. The first-order chi connectivity index (χ1) is 12.2. The molecule has 0 aliphatic carbocycles. The number of alkyl halides is 3. The zero-order chi connectivity index (χ0) is 17.6. The van der Waals surface area contributed by atoms with Gasteiger partial charge in [0.15, 0.2) is 0 Å². The summed E-state index contributed by atoms with van der Waals surface area (Å²) in [6.07, 6.45) is 0. The fourth-order valence-corrected chi connectivity index (χ4v) is 4.89. The van der Waals surface area contributed by atoms with Crippen LogP contribution in [0.15, 0.2) is 72.8 Å². The minimum Gasteiger partial charge on any atom is -0.246 e. The summed E-state index contributed by atoms with van der Waals surface area (Å²) in [7, 11) is -0.866. The van der Waals surface area contributed by atoms with Crippen molar-refractivity contribution in [2.75, 3.05) is 0 Å². The van der Waals surface area contributed by atoms with Crippen LogP contribution < -0.4 is 15.9 Å². The van der Waals surface area contributed by atoms with E-state index in [1.165, 1.54) is 0 Å². The quantitative estimate of drug-likeness (QED) is 0.553. The highest BCUT2D eigenvalue weighted by molar-refractivity contribution is 7.79. The zero-order valence-electron chi connectivity index (χ0n) is 13.6. The molecule has 0 saturated carbocycles. The van der Waals surface area contributed by atoms with Crippen LogP contribution in [0.25, 0.3) is 0 Å². The molecule has 0 aliphatic rings. The van der Waals surface area contributed by atoms with Crippen molar-refractivity contribution in [3.05, 3.63) is 89.5 Å². The summed E-state index contributed by atoms with van der Waals surface area (Å²) >= 11 is 0. The molecule has 0 unspecified atom stereocenters. The van der Waals surface area contributed by atoms with Crippen LogP contribution in [0.1, 0.15) is 16.7 Å². The maximum absolute atomic E-state index is 12.8. The van der Waals surface area contributed by atoms with Gasteiger partial charge in [0.2, 0.25) is 0 Å². The molecule has 0 radical (unpaired) electrons. The molecule has 0 nitrogen and oxygen atoms in total. The highest BCUT2D eigenvalue weighted by Crippen LogP contribution is 2.33. The SMILES string of the molecule is FCc1ccc(P(c2ccc(CF)cc2)c2ccc(CF)cc2)cc1. The van der Waals surface area contributed by atoms with Gasteiger partial charge in [-0.3, -0.25) is 0 Å². The Morgan fingerprint density at radius 1 is 0.440 bits per heavy atom. The van der Waals surface area contributed by atoms with Crippen molar-refractivity contribution < 1.29 is 13.2 Å². The molecule has 0 spiro atoms. The first kappa shape index (κ1) is 17.7. The Kier molecular flexibility index (Phi) is 5.88. The monoisotopic (exact) mass is 358 g/mol. The third-order valence-corrected chi connectivity index (χ3v) is 6.49. The number of hydrogen-bond acceptors (Lipinski definition) is 0. The molecule has 0 heterocycles. The van der Waals surface area contributed by atoms with Gasteiger partial charge in [-0.15, -0.1) is 0 Å². The van der Waals surface area contributed by atoms with E-state index in [4.69, 9.17) is 0 Å². The van der Waals surface area contributed by atoms with E-state index in [2.05, 4.69) is 0 Å². The second kappa shape index (κ2) is 8.31. The summed E-state index contributed by atoms with van der Waals surface area (Å²) in [5.41, 5.74) is 1.91. The highest BCUT2D eigenvalue weighted by atomic mass is 31.1. The van der Waals surface area contributed by atoms with Gasteiger partial charge in [0.05, 0.1) is 0 Å². The highest BCUT2D eigenvalue weighted by Gasteiger charge is 2.16. The molecule has 0 bridgehead atoms. The Bertz CT molecular complexity index is 683. The van der Waals surface area contributed by atoms with Crippen LogP contribution in [0.4, 0.5) is 13.2 Å². The molecule has 3 rings (SSSR count). The molecule has 3 aromatic rings. The Hall–Kier alpha value is -2.12. The molecule has 0 fully saturated rings. The second-order valence-corrected chi connectivity index (χ2v) is 7.96. The molecule has 0 N–H and O–H groups in total. The van der Waals surface area contributed by atoms with Crippen molar-refractivity contribution in [1.29, 1.82) is 0 Å². The fourth-order valence-electron chi connectivity index (χ4n) is 2.65. The van der Waals surface area contributed by atoms with Crippen LogP contribution in [0, 0.1) is 0 Å². The molecular weight excluding hydrogens is 340 g/mol. The van der Waals surface area contributed by atoms with Crippen LogP contribution in [0.2, 0.25) is 0 Å². The van der Waals surface area contributed by atoms with Crippen LogP contribution in [-0.4, -0.2) is 0 Å². The van der Waals surface area contributed by atoms with Crippen molar-refractivity contribution in [1.82, 2.24) is 0 Å². The van der Waals surface area contributed by atoms with Gasteiger partial charge in [-0.1, -0.05) is 72.8 Å². The Morgan fingerprint density at radius 2 is 0.680 bits per heavy atom. The number of rotatable bonds is 6. The van der Waals surface area contributed by atoms with E-state index in [1.807, 2.05) is 36.4 Å². The van der Waals surface area contributed by atoms with Crippen molar-refractivity contribution in [3.63, 3.8) is 0 Å². The van der Waals surface area contributed by atoms with E-state index in [-0.39, 0.29) is 0 Å². The average molecular weight is 358 g/mol. The van der Waals surface area contributed by atoms with Gasteiger partial charge >= 0.3 is 0 Å². The summed E-state index contributed by atoms with van der Waals surface area (Å²) in [6.45, 7) is -1.47. The molecule has 0 aromatic heterocycles. The predicted octanol–water partition coefficient (Wildman–Crippen LogP) is 4.85. The maximum atomic E-state index is 12.8. The van der Waals surface area contributed by atoms with Gasteiger partial charge in [-0.25, -0.2) is 13.2 Å². The molecule has 4 heteroatoms. The first-order valence-corrected chi connectivity index (χ1v) is 9.34. The molecule has 3 aromatic carbocycles. The van der Waals surface area contributed by atoms with Gasteiger partial charge in [-0.2, -0.15) is 0 Å². The fraction of sp³-hybridized carbons (Fsp3) is 0.143. The molecule has 128 valence electrons. The lowest BCUT2D eigenvalue weighted by Crippen LogP contribution is -2.20. The van der Waals surface area contributed by atoms with Crippen molar-refractivity contribution in [2.24, 2.45) is 0 Å². The molecular formula is C21H18F3P. The normalized spacial score (nSPS) is 11.0. The number of hydrogen-bond donors (Lipinski definition) is 0. The van der Waals surface area contributed by atoms with E-state index < -0.39 is 27.9 Å². The minimum atomic E-state index is -0.866. The van der Waals surface area contributed by atoms with Gasteiger partial charge in [0, 0.05) is 0 Å². The summed E-state index contributed by atoms with van der Waals surface area (Å²) in [5.74, 6) is 0. The molecule has 0 atom stereocenters. The molecule has 0 amide bonds. The van der Waals surface area contributed by atoms with E-state index >= 15 is 0 Å². The van der Waals surface area contributed by atoms with E-state index in [1.54, 1.807) is 36.4 Å². The van der Waals surface area contributed by atoms with Crippen molar-refractivity contribution in [3.8, 4) is 0 Å². The third-order valence-electron chi connectivity index (χ3n) is 4.05. The van der Waals surface area contributed by atoms with Crippen LogP contribution in [0.3, 0.4) is 0 Å². The lowest BCUT2D eigenvalue weighted by molar-refractivity contribution is 0.485. The van der Waals surface area contributed by atoms with Crippen molar-refractivity contribution in [2.45, 2.75) is 20.0 Å². The second-order valence-electron chi connectivity index (χ2n) is 5.74. The van der Waals surface area contributed by atoms with E-state index in [0.717, 1.165) is 15.9 Å². The van der Waals surface area contributed by atoms with Crippen molar-refractivity contribution >= 4 is 23.8 Å². The predicted molar refractivity (Wildman–Crippen MR) is 99.6 cm³/mol. The standard InChI is InChI=1S/C21H18F3P/c22-13-16-1-7-19(8-2-16)25(20-9-3-17(14-23)4-10-20)21-11-5-18(15-24)6-12-21/h1-12H,13-15H2. The molecule has 0 aliphatic heterocycles. The number of halogens is 3. The number of benzene rings is 3. The van der Waals surface area contributed by atoms with Crippen LogP contribution >= 0.6 is 7.92 Å². The molecule has 25 heavy (non-hydrogen) atoms. The summed E-state index contributed by atoms with van der Waals surface area (Å²) in [5, 5.41) is 3.23. The van der Waals surface area contributed by atoms with Gasteiger partial charge in [0.1, 0.15) is 20.0 Å². The van der Waals surface area contributed by atoms with Gasteiger partial charge in [0.25, 0.3) is 0 Å². The topological polar surface area (TPSA) is 0 Å². The average Bonchev–Trinajstić information content (AvgIpc) is 2.70. The van der Waals surface area contributed by atoms with Crippen LogP contribution in [0.5, 0.6) is 0 Å². The Balaban J connectivity index is 2.04. The van der Waals surface area contributed by atoms with E-state index in [9.17, 15) is 13.2 Å². The maximum Gasteiger partial charge on any atom is 0.115 e. The first-order valence-electron chi connectivity index (χ1n) is 8.00. The van der Waals surface area contributed by atoms with Gasteiger partial charge < -0.3 is 0 Å². The lowest BCUT2D eigenvalue weighted by Gasteiger charge is -2.20. The zero-order valence-corrected chi connectivity index (χ0v) is 14.5. The third kappa shape index (κ3) is 4.11.